The van der Waals surface area contributed by atoms with Crippen molar-refractivity contribution in [1.29, 1.82) is 0 Å². The SMILES string of the molecule is CC(C)(S)[C@H](NC(=O)C1(c2ccc3c(c2)OC(F)(F)O3)CC1)C(=O)NC[C@@H](O)CO. The molecule has 1 fully saturated rings. The highest BCUT2D eigenvalue weighted by Crippen LogP contribution is 2.52. The number of carbonyl (C=O) groups excluding carboxylic acids is 2. The zero-order chi connectivity index (χ0) is 22.3. The molecule has 1 heterocycles. The molecule has 0 unspecified atom stereocenters. The van der Waals surface area contributed by atoms with Crippen LogP contribution in [-0.4, -0.2) is 58.4 Å². The average molecular weight is 446 g/mol. The van der Waals surface area contributed by atoms with Crippen LogP contribution in [0, 0.1) is 0 Å². The first-order valence-electron chi connectivity index (χ1n) is 9.38. The fraction of sp³-hybridized carbons (Fsp3) is 0.579. The second-order valence-corrected chi connectivity index (χ2v) is 9.21. The molecule has 0 spiro atoms. The Kier molecular flexibility index (Phi) is 5.91. The van der Waals surface area contributed by atoms with Gasteiger partial charge in [0.2, 0.25) is 11.8 Å². The molecule has 1 aromatic rings. The summed E-state index contributed by atoms with van der Waals surface area (Å²) >= 11 is 4.40. The zero-order valence-electron chi connectivity index (χ0n) is 16.4. The largest absolute Gasteiger partial charge is 0.586 e. The van der Waals surface area contributed by atoms with E-state index in [0.717, 1.165) is 0 Å². The van der Waals surface area contributed by atoms with E-state index in [4.69, 9.17) is 5.11 Å². The van der Waals surface area contributed by atoms with Gasteiger partial charge in [0, 0.05) is 11.3 Å². The molecule has 1 saturated carbocycles. The fourth-order valence-corrected chi connectivity index (χ4v) is 3.42. The molecule has 2 aliphatic rings. The third kappa shape index (κ3) is 4.62. The number of fused-ring (bicyclic) bond motifs is 1. The van der Waals surface area contributed by atoms with Gasteiger partial charge in [-0.3, -0.25) is 9.59 Å². The molecule has 3 rings (SSSR count). The lowest BCUT2D eigenvalue weighted by Gasteiger charge is -2.31. The van der Waals surface area contributed by atoms with Crippen molar-refractivity contribution in [2.75, 3.05) is 13.2 Å². The molecule has 11 heteroatoms. The van der Waals surface area contributed by atoms with Crippen molar-refractivity contribution in [2.24, 2.45) is 0 Å². The van der Waals surface area contributed by atoms with Crippen LogP contribution in [0.5, 0.6) is 11.5 Å². The van der Waals surface area contributed by atoms with Gasteiger partial charge >= 0.3 is 6.29 Å². The van der Waals surface area contributed by atoms with E-state index in [1.165, 1.54) is 18.2 Å². The van der Waals surface area contributed by atoms with Gasteiger partial charge in [0.15, 0.2) is 11.5 Å². The third-order valence-electron chi connectivity index (χ3n) is 5.11. The molecule has 0 bridgehead atoms. The van der Waals surface area contributed by atoms with Crippen molar-refractivity contribution in [3.63, 3.8) is 0 Å². The van der Waals surface area contributed by atoms with Gasteiger partial charge in [-0.1, -0.05) is 6.07 Å². The van der Waals surface area contributed by atoms with E-state index in [2.05, 4.69) is 32.7 Å². The van der Waals surface area contributed by atoms with Gasteiger partial charge in [0.05, 0.1) is 18.1 Å². The molecule has 166 valence electrons. The maximum Gasteiger partial charge on any atom is 0.586 e. The Balaban J connectivity index is 1.75. The number of rotatable bonds is 8. The summed E-state index contributed by atoms with van der Waals surface area (Å²) in [5, 5.41) is 23.5. The van der Waals surface area contributed by atoms with Crippen molar-refractivity contribution in [2.45, 2.75) is 55.3 Å². The van der Waals surface area contributed by atoms with Crippen LogP contribution in [0.25, 0.3) is 0 Å². The van der Waals surface area contributed by atoms with Crippen LogP contribution >= 0.6 is 12.6 Å². The van der Waals surface area contributed by atoms with Gasteiger partial charge in [-0.25, -0.2) is 0 Å². The maximum absolute atomic E-state index is 13.3. The molecular weight excluding hydrogens is 422 g/mol. The number of alkyl halides is 2. The van der Waals surface area contributed by atoms with E-state index in [1.54, 1.807) is 13.8 Å². The Morgan fingerprint density at radius 1 is 1.27 bits per heavy atom. The number of ether oxygens (including phenoxy) is 2. The third-order valence-corrected chi connectivity index (χ3v) is 5.36. The van der Waals surface area contributed by atoms with Crippen LogP contribution in [0.3, 0.4) is 0 Å². The fourth-order valence-electron chi connectivity index (χ4n) is 3.24. The van der Waals surface area contributed by atoms with Crippen molar-refractivity contribution in [3.8, 4) is 11.5 Å². The molecule has 0 aromatic heterocycles. The van der Waals surface area contributed by atoms with Gasteiger partial charge < -0.3 is 30.3 Å². The summed E-state index contributed by atoms with van der Waals surface area (Å²) in [7, 11) is 0. The average Bonchev–Trinajstić information content (AvgIpc) is 3.39. The van der Waals surface area contributed by atoms with Gasteiger partial charge in [0.25, 0.3) is 0 Å². The minimum Gasteiger partial charge on any atom is -0.395 e. The Hall–Kier alpha value is -2.11. The van der Waals surface area contributed by atoms with E-state index < -0.39 is 47.0 Å². The maximum atomic E-state index is 13.3. The lowest BCUT2D eigenvalue weighted by atomic mass is 9.93. The lowest BCUT2D eigenvalue weighted by Crippen LogP contribution is -2.58. The van der Waals surface area contributed by atoms with E-state index in [9.17, 15) is 23.5 Å². The van der Waals surface area contributed by atoms with E-state index in [-0.39, 0.29) is 18.0 Å². The van der Waals surface area contributed by atoms with Crippen LogP contribution < -0.4 is 20.1 Å². The Labute approximate surface area is 177 Å². The van der Waals surface area contributed by atoms with Crippen LogP contribution in [0.1, 0.15) is 32.3 Å². The van der Waals surface area contributed by atoms with Gasteiger partial charge in [-0.05, 0) is 44.4 Å². The van der Waals surface area contributed by atoms with Crippen molar-refractivity contribution in [3.05, 3.63) is 23.8 Å². The van der Waals surface area contributed by atoms with Gasteiger partial charge in [0.1, 0.15) is 6.04 Å². The van der Waals surface area contributed by atoms with Crippen molar-refractivity contribution in [1.82, 2.24) is 10.6 Å². The molecule has 1 aromatic carbocycles. The second-order valence-electron chi connectivity index (χ2n) is 8.05. The highest BCUT2D eigenvalue weighted by Gasteiger charge is 2.54. The number of thiol groups is 1. The first-order chi connectivity index (χ1) is 13.9. The first kappa shape index (κ1) is 22.6. The topological polar surface area (TPSA) is 117 Å². The number of benzene rings is 1. The van der Waals surface area contributed by atoms with E-state index in [0.29, 0.717) is 18.4 Å². The number of carbonyl (C=O) groups is 2. The minimum atomic E-state index is -3.75. The number of aliphatic hydroxyl groups is 2. The predicted octanol–water partition coefficient (Wildman–Crippen LogP) is 0.702. The number of hydrogen-bond donors (Lipinski definition) is 5. The smallest absolute Gasteiger partial charge is 0.395 e. The molecule has 1 aliphatic heterocycles. The molecular formula is C19H24F2N2O6S. The predicted molar refractivity (Wildman–Crippen MR) is 105 cm³/mol. The Morgan fingerprint density at radius 3 is 2.47 bits per heavy atom. The molecule has 0 saturated heterocycles. The molecule has 2 amide bonds. The summed E-state index contributed by atoms with van der Waals surface area (Å²) in [6.07, 6.45) is -3.94. The number of aliphatic hydroxyl groups excluding tert-OH is 2. The van der Waals surface area contributed by atoms with Crippen LogP contribution in [0.2, 0.25) is 0 Å². The van der Waals surface area contributed by atoms with Crippen molar-refractivity contribution >= 4 is 24.4 Å². The summed E-state index contributed by atoms with van der Waals surface area (Å²) in [5.41, 5.74) is -0.495. The summed E-state index contributed by atoms with van der Waals surface area (Å²) in [4.78, 5) is 25.6. The first-order valence-corrected chi connectivity index (χ1v) is 9.83. The highest BCUT2D eigenvalue weighted by molar-refractivity contribution is 7.81. The number of halogens is 2. The normalized spacial score (nSPS) is 20.2. The van der Waals surface area contributed by atoms with Crippen LogP contribution in [0.4, 0.5) is 8.78 Å². The molecule has 8 nitrogen and oxygen atoms in total. The minimum absolute atomic E-state index is 0.115. The quantitative estimate of drug-likeness (QED) is 0.376. The van der Waals surface area contributed by atoms with Gasteiger partial charge in [-0.15, -0.1) is 8.78 Å². The molecule has 1 aliphatic carbocycles. The van der Waals surface area contributed by atoms with E-state index in [1.807, 2.05) is 0 Å². The lowest BCUT2D eigenvalue weighted by molar-refractivity contribution is -0.286. The summed E-state index contributed by atoms with van der Waals surface area (Å²) < 4.78 is 34.5. The molecule has 0 radical (unpaired) electrons. The number of hydrogen-bond acceptors (Lipinski definition) is 7. The highest BCUT2D eigenvalue weighted by atomic mass is 32.1. The number of amides is 2. The Bertz CT molecular complexity index is 841. The summed E-state index contributed by atoms with van der Waals surface area (Å²) in [5.74, 6) is -1.29. The van der Waals surface area contributed by atoms with E-state index >= 15 is 0 Å². The van der Waals surface area contributed by atoms with Gasteiger partial charge in [-0.2, -0.15) is 12.6 Å². The second kappa shape index (κ2) is 7.86. The standard InChI is InChI=1S/C19H24F2N2O6S/c1-17(2,30)14(15(26)22-8-11(25)9-24)23-16(27)18(5-6-18)10-3-4-12-13(7-10)29-19(20,21)28-12/h3-4,7,11,14,24-25,30H,5-6,8-9H2,1-2H3,(H,22,26)(H,23,27)/t11-,14-/m1/s1. The van der Waals surface area contributed by atoms with Crippen LogP contribution in [0.15, 0.2) is 18.2 Å². The molecule has 30 heavy (non-hydrogen) atoms. The van der Waals surface area contributed by atoms with Crippen molar-refractivity contribution < 1.29 is 38.1 Å². The summed E-state index contributed by atoms with van der Waals surface area (Å²) in [6, 6.07) is 3.15. The zero-order valence-corrected chi connectivity index (χ0v) is 17.3. The Morgan fingerprint density at radius 2 is 1.90 bits per heavy atom. The monoisotopic (exact) mass is 446 g/mol. The molecule has 4 N–H and O–H groups in total. The number of nitrogens with one attached hydrogen (secondary N) is 2. The summed E-state index contributed by atoms with van der Waals surface area (Å²) in [6.45, 7) is 2.58. The molecule has 2 atom stereocenters. The van der Waals surface area contributed by atoms with Crippen LogP contribution in [-0.2, 0) is 15.0 Å².